The number of carbonyl (C=O) groups is 1. The van der Waals surface area contributed by atoms with Crippen LogP contribution in [0, 0.1) is 6.92 Å². The van der Waals surface area contributed by atoms with Gasteiger partial charge in [-0.2, -0.15) is 32.2 Å². The van der Waals surface area contributed by atoms with Gasteiger partial charge in [-0.15, -0.1) is 11.3 Å². The average molecular weight is 722 g/mol. The van der Waals surface area contributed by atoms with Crippen LogP contribution in [0.1, 0.15) is 22.8 Å². The van der Waals surface area contributed by atoms with Crippen molar-refractivity contribution < 1.29 is 35.8 Å². The molecule has 1 amide bonds. The minimum Gasteiger partial charge on any atom is -0.399 e. The Hall–Kier alpha value is -5.11. The summed E-state index contributed by atoms with van der Waals surface area (Å²) >= 11 is 1.11. The van der Waals surface area contributed by atoms with Crippen molar-refractivity contribution in [3.63, 3.8) is 0 Å². The number of aliphatic hydroxyl groups is 1. The van der Waals surface area contributed by atoms with Crippen LogP contribution in [0.2, 0.25) is 0 Å². The van der Waals surface area contributed by atoms with E-state index in [1.54, 1.807) is 62.4 Å². The molecule has 0 saturated carbocycles. The van der Waals surface area contributed by atoms with Gasteiger partial charge >= 0.3 is 0 Å². The SMILES string of the molecule is CC1=NN(c2ccc(-c3nc4ccc(C)c(S(=O)(=O)O)c4s3)cc2)[C@@H](O)[C@H]1N=Nc1ccc(NC(=O)c2cccc(N)c2)cc1S(=O)(=O)O. The van der Waals surface area contributed by atoms with Crippen LogP contribution in [0.15, 0.2) is 104 Å². The van der Waals surface area contributed by atoms with Crippen molar-refractivity contribution in [2.45, 2.75) is 35.9 Å². The molecule has 1 aliphatic heterocycles. The number of aryl methyl sites for hydroxylation is 1. The zero-order valence-electron chi connectivity index (χ0n) is 25.6. The highest BCUT2D eigenvalue weighted by atomic mass is 32.2. The number of nitrogens with two attached hydrogens (primary N) is 1. The maximum atomic E-state index is 12.6. The molecular weight excluding hydrogens is 695 g/mol. The van der Waals surface area contributed by atoms with E-state index in [0.29, 0.717) is 43.4 Å². The summed E-state index contributed by atoms with van der Waals surface area (Å²) in [4.78, 5) is 16.3. The number of fused-ring (bicyclic) bond motifs is 1. The standard InChI is InChI=1S/C31H27N7O8S3/c1-16-6-12-24-27(28(16)49(44,45)46)47-30(34-24)18-7-10-22(11-8-18)38-31(40)26(17(2)37-38)36-35-23-13-9-21(15-25(23)48(41,42)43)33-29(39)19-4-3-5-20(32)14-19/h3-15,26,31,40H,32H2,1-2H3,(H,33,39)(H,41,42,43)(H,44,45,46)/t26-,31-/m0/s1. The third-order valence-corrected chi connectivity index (χ3v) is 10.7. The number of thiazole rings is 1. The predicted octanol–water partition coefficient (Wildman–Crippen LogP) is 5.27. The molecule has 0 bridgehead atoms. The molecule has 0 unspecified atom stereocenters. The van der Waals surface area contributed by atoms with Gasteiger partial charge in [0.2, 0.25) is 0 Å². The van der Waals surface area contributed by atoms with Crippen molar-refractivity contribution >= 4 is 76.2 Å². The number of azo groups is 1. The van der Waals surface area contributed by atoms with Gasteiger partial charge in [0.1, 0.15) is 20.5 Å². The Morgan fingerprint density at radius 1 is 0.959 bits per heavy atom. The van der Waals surface area contributed by atoms with Crippen LogP contribution in [0.5, 0.6) is 0 Å². The number of amides is 1. The van der Waals surface area contributed by atoms with Crippen molar-refractivity contribution in [3.05, 3.63) is 90.0 Å². The molecule has 0 saturated heterocycles. The minimum absolute atomic E-state index is 0.0621. The lowest BCUT2D eigenvalue weighted by Crippen LogP contribution is -2.35. The van der Waals surface area contributed by atoms with Crippen molar-refractivity contribution in [3.8, 4) is 10.6 Å². The van der Waals surface area contributed by atoms with Gasteiger partial charge in [0, 0.05) is 22.5 Å². The Morgan fingerprint density at radius 3 is 2.37 bits per heavy atom. The van der Waals surface area contributed by atoms with E-state index in [2.05, 4.69) is 25.6 Å². The molecule has 5 aromatic rings. The first-order valence-electron chi connectivity index (χ1n) is 14.3. The fraction of sp³-hybridized carbons (Fsp3) is 0.129. The molecule has 0 fully saturated rings. The van der Waals surface area contributed by atoms with E-state index in [9.17, 15) is 35.8 Å². The highest BCUT2D eigenvalue weighted by Gasteiger charge is 2.35. The molecule has 1 aromatic heterocycles. The number of aliphatic hydroxyl groups excluding tert-OH is 1. The summed E-state index contributed by atoms with van der Waals surface area (Å²) in [5, 5.41) is 28.0. The van der Waals surface area contributed by atoms with Gasteiger partial charge in [0.15, 0.2) is 12.3 Å². The zero-order chi connectivity index (χ0) is 35.2. The molecule has 0 radical (unpaired) electrons. The molecular formula is C31H27N7O8S3. The lowest BCUT2D eigenvalue weighted by Gasteiger charge is -2.21. The average Bonchev–Trinajstić information content (AvgIpc) is 3.59. The Labute approximate surface area is 284 Å². The number of rotatable bonds is 8. The zero-order valence-corrected chi connectivity index (χ0v) is 28.0. The van der Waals surface area contributed by atoms with E-state index < -0.39 is 43.3 Å². The molecule has 252 valence electrons. The summed E-state index contributed by atoms with van der Waals surface area (Å²) in [5.41, 5.74) is 8.45. The third kappa shape index (κ3) is 6.91. The van der Waals surface area contributed by atoms with Crippen molar-refractivity contribution in [1.29, 1.82) is 0 Å². The number of hydrogen-bond donors (Lipinski definition) is 5. The molecule has 4 aromatic carbocycles. The minimum atomic E-state index is -4.81. The summed E-state index contributed by atoms with van der Waals surface area (Å²) in [6.07, 6.45) is -1.33. The Kier molecular flexibility index (Phi) is 8.78. The van der Waals surface area contributed by atoms with Gasteiger partial charge in [-0.1, -0.05) is 12.1 Å². The molecule has 0 aliphatic carbocycles. The predicted molar refractivity (Wildman–Crippen MR) is 185 cm³/mol. The number of hydrogen-bond acceptors (Lipinski definition) is 13. The molecule has 49 heavy (non-hydrogen) atoms. The molecule has 2 atom stereocenters. The van der Waals surface area contributed by atoms with Gasteiger partial charge in [-0.05, 0) is 86.1 Å². The summed E-state index contributed by atoms with van der Waals surface area (Å²) in [7, 11) is -9.28. The monoisotopic (exact) mass is 721 g/mol. The van der Waals surface area contributed by atoms with E-state index >= 15 is 0 Å². The summed E-state index contributed by atoms with van der Waals surface area (Å²) in [5.74, 6) is -0.557. The van der Waals surface area contributed by atoms with Crippen LogP contribution in [0.4, 0.5) is 22.7 Å². The Bertz CT molecular complexity index is 2410. The van der Waals surface area contributed by atoms with E-state index in [1.165, 1.54) is 29.3 Å². The van der Waals surface area contributed by atoms with Crippen LogP contribution >= 0.6 is 11.3 Å². The number of anilines is 3. The number of carbonyl (C=O) groups excluding carboxylic acids is 1. The first-order valence-corrected chi connectivity index (χ1v) is 18.0. The fourth-order valence-electron chi connectivity index (χ4n) is 5.15. The third-order valence-electron chi connectivity index (χ3n) is 7.51. The van der Waals surface area contributed by atoms with E-state index in [4.69, 9.17) is 5.73 Å². The normalized spacial score (nSPS) is 16.8. The molecule has 6 rings (SSSR count). The van der Waals surface area contributed by atoms with Crippen LogP contribution < -0.4 is 16.1 Å². The molecule has 15 nitrogen and oxygen atoms in total. The second-order valence-corrected chi connectivity index (χ2v) is 14.7. The summed E-state index contributed by atoms with van der Waals surface area (Å²) in [6, 6.07) is 18.8. The van der Waals surface area contributed by atoms with Gasteiger partial charge in [0.05, 0.1) is 21.6 Å². The second kappa shape index (κ2) is 12.7. The van der Waals surface area contributed by atoms with Gasteiger partial charge in [-0.3, -0.25) is 13.9 Å². The van der Waals surface area contributed by atoms with Crippen LogP contribution in [-0.4, -0.2) is 59.9 Å². The molecule has 0 spiro atoms. The van der Waals surface area contributed by atoms with E-state index in [1.807, 2.05) is 0 Å². The maximum Gasteiger partial charge on any atom is 0.296 e. The van der Waals surface area contributed by atoms with Crippen LogP contribution in [-0.2, 0) is 20.2 Å². The first kappa shape index (κ1) is 33.8. The number of nitrogens with one attached hydrogen (secondary N) is 1. The number of nitrogen functional groups attached to an aromatic ring is 1. The van der Waals surface area contributed by atoms with E-state index in [-0.39, 0.29) is 21.8 Å². The highest BCUT2D eigenvalue weighted by molar-refractivity contribution is 7.86. The topological polar surface area (TPSA) is 237 Å². The van der Waals surface area contributed by atoms with Gasteiger partial charge < -0.3 is 16.2 Å². The van der Waals surface area contributed by atoms with Crippen LogP contribution in [0.3, 0.4) is 0 Å². The van der Waals surface area contributed by atoms with Crippen molar-refractivity contribution in [2.75, 3.05) is 16.1 Å². The van der Waals surface area contributed by atoms with Crippen LogP contribution in [0.25, 0.3) is 20.8 Å². The highest BCUT2D eigenvalue weighted by Crippen LogP contribution is 2.37. The van der Waals surface area contributed by atoms with Crippen molar-refractivity contribution in [1.82, 2.24) is 4.98 Å². The lowest BCUT2D eigenvalue weighted by molar-refractivity contribution is 0.102. The molecule has 18 heteroatoms. The maximum absolute atomic E-state index is 12.6. The largest absolute Gasteiger partial charge is 0.399 e. The second-order valence-electron chi connectivity index (χ2n) is 11.0. The number of nitrogens with zero attached hydrogens (tertiary/aromatic N) is 5. The van der Waals surface area contributed by atoms with E-state index in [0.717, 1.165) is 17.4 Å². The summed E-state index contributed by atoms with van der Waals surface area (Å²) < 4.78 is 68.4. The number of benzene rings is 4. The van der Waals surface area contributed by atoms with Gasteiger partial charge in [0.25, 0.3) is 26.1 Å². The lowest BCUT2D eigenvalue weighted by atomic mass is 10.1. The molecule has 6 N–H and O–H groups in total. The van der Waals surface area contributed by atoms with Gasteiger partial charge in [-0.25, -0.2) is 9.99 Å². The Morgan fingerprint density at radius 2 is 1.69 bits per heavy atom. The van der Waals surface area contributed by atoms with Crippen molar-refractivity contribution in [2.24, 2.45) is 15.3 Å². The number of aromatic nitrogens is 1. The fourth-order valence-corrected chi connectivity index (χ4v) is 8.11. The quantitative estimate of drug-likeness (QED) is 0.0786. The summed E-state index contributed by atoms with van der Waals surface area (Å²) in [6.45, 7) is 3.19. The Balaban J connectivity index is 1.21. The molecule has 1 aliphatic rings. The number of hydrazone groups is 1. The first-order chi connectivity index (χ1) is 23.1. The molecule has 2 heterocycles. The smallest absolute Gasteiger partial charge is 0.296 e.